The van der Waals surface area contributed by atoms with Crippen molar-refractivity contribution < 1.29 is 14.8 Å². The average molecular weight is 382 g/mol. The highest BCUT2D eigenvalue weighted by atomic mass is 16.5. The van der Waals surface area contributed by atoms with Crippen LogP contribution in [0.25, 0.3) is 11.1 Å². The van der Waals surface area contributed by atoms with Crippen molar-refractivity contribution in [1.29, 1.82) is 0 Å². The van der Waals surface area contributed by atoms with E-state index in [1.165, 1.54) is 22.2 Å². The number of rotatable bonds is 5. The van der Waals surface area contributed by atoms with Crippen LogP contribution in [0.4, 0.5) is 4.79 Å². The predicted molar refractivity (Wildman–Crippen MR) is 107 cm³/mol. The van der Waals surface area contributed by atoms with E-state index in [1.54, 1.807) is 4.90 Å². The Morgan fingerprint density at radius 3 is 2.21 bits per heavy atom. The lowest BCUT2D eigenvalue weighted by Gasteiger charge is -2.33. The van der Waals surface area contributed by atoms with Gasteiger partial charge in [0.05, 0.1) is 0 Å². The Balaban J connectivity index is 1.55. The highest BCUT2D eigenvalue weighted by Gasteiger charge is 2.26. The van der Waals surface area contributed by atoms with Gasteiger partial charge in [0.2, 0.25) is 0 Å². The molecule has 7 nitrogen and oxygen atoms in total. The second-order valence-corrected chi connectivity index (χ2v) is 6.96. The fourth-order valence-corrected chi connectivity index (χ4v) is 3.54. The van der Waals surface area contributed by atoms with Gasteiger partial charge in [-0.2, -0.15) is 0 Å². The molecule has 3 rings (SSSR count). The molecular weight excluding hydrogens is 356 g/mol. The summed E-state index contributed by atoms with van der Waals surface area (Å²) in [6.45, 7) is 1.13. The number of hydroxylamine groups is 1. The van der Waals surface area contributed by atoms with Crippen molar-refractivity contribution in [2.24, 2.45) is 5.73 Å². The molecule has 1 saturated heterocycles. The van der Waals surface area contributed by atoms with Crippen LogP contribution >= 0.6 is 0 Å². The Labute approximate surface area is 164 Å². The van der Waals surface area contributed by atoms with Gasteiger partial charge in [-0.05, 0) is 35.4 Å². The highest BCUT2D eigenvalue weighted by molar-refractivity contribution is 5.86. The normalized spacial score (nSPS) is 15.7. The maximum atomic E-state index is 12.3. The van der Waals surface area contributed by atoms with Crippen molar-refractivity contribution in [3.05, 3.63) is 60.2 Å². The second-order valence-electron chi connectivity index (χ2n) is 6.96. The lowest BCUT2D eigenvalue weighted by atomic mass is 9.88. The van der Waals surface area contributed by atoms with Gasteiger partial charge >= 0.3 is 6.03 Å². The molecule has 1 aliphatic rings. The summed E-state index contributed by atoms with van der Waals surface area (Å²) < 4.78 is 0. The zero-order chi connectivity index (χ0) is 19.9. The van der Waals surface area contributed by atoms with Crippen LogP contribution in [-0.4, -0.2) is 47.7 Å². The quantitative estimate of drug-likeness (QED) is 0.469. The Morgan fingerprint density at radius 2 is 1.64 bits per heavy atom. The first-order chi connectivity index (χ1) is 13.6. The highest BCUT2D eigenvalue weighted by Crippen LogP contribution is 2.30. The lowest BCUT2D eigenvalue weighted by Crippen LogP contribution is -2.54. The summed E-state index contributed by atoms with van der Waals surface area (Å²) >= 11 is 0. The maximum Gasteiger partial charge on any atom is 0.318 e. The van der Waals surface area contributed by atoms with Gasteiger partial charge in [-0.1, -0.05) is 54.6 Å². The number of nitrogens with zero attached hydrogens (tertiary/aromatic N) is 1. The summed E-state index contributed by atoms with van der Waals surface area (Å²) in [4.78, 5) is 25.5. The molecule has 28 heavy (non-hydrogen) atoms. The van der Waals surface area contributed by atoms with Gasteiger partial charge in [0, 0.05) is 19.6 Å². The summed E-state index contributed by atoms with van der Waals surface area (Å²) in [7, 11) is 0. The lowest BCUT2D eigenvalue weighted by molar-refractivity contribution is -0.130. The van der Waals surface area contributed by atoms with E-state index in [0.29, 0.717) is 19.0 Å². The van der Waals surface area contributed by atoms with Gasteiger partial charge in [0.1, 0.15) is 6.04 Å². The van der Waals surface area contributed by atoms with E-state index in [4.69, 9.17) is 10.9 Å². The summed E-state index contributed by atoms with van der Waals surface area (Å²) in [5.74, 6) is -0.316. The molecule has 2 aromatic carbocycles. The molecule has 1 fully saturated rings. The summed E-state index contributed by atoms with van der Waals surface area (Å²) in [6.07, 6.45) is 1.72. The second kappa shape index (κ2) is 9.34. The molecule has 0 saturated carbocycles. The molecule has 0 aromatic heterocycles. The molecule has 0 bridgehead atoms. The van der Waals surface area contributed by atoms with Crippen LogP contribution in [0.3, 0.4) is 0 Å². The SMILES string of the molecule is NC[C@@H](NC(=O)N1CCC(c2ccc(-c3ccccc3)cc2)CC1)C(=O)NO. The molecule has 0 radical (unpaired) electrons. The van der Waals surface area contributed by atoms with E-state index in [1.807, 2.05) is 18.2 Å². The standard InChI is InChI=1S/C21H26N4O3/c22-14-19(20(26)24-28)23-21(27)25-12-10-18(11-13-25)17-8-6-16(7-9-17)15-4-2-1-3-5-15/h1-9,18-19,28H,10-14,22H2,(H,23,27)(H,24,26)/t19-/m1/s1. The van der Waals surface area contributed by atoms with Crippen LogP contribution in [-0.2, 0) is 4.79 Å². The van der Waals surface area contributed by atoms with Gasteiger partial charge in [0.25, 0.3) is 5.91 Å². The Hall–Kier alpha value is -2.90. The van der Waals surface area contributed by atoms with Crippen molar-refractivity contribution in [2.75, 3.05) is 19.6 Å². The van der Waals surface area contributed by atoms with Crippen molar-refractivity contribution >= 4 is 11.9 Å². The first-order valence-corrected chi connectivity index (χ1v) is 9.47. The van der Waals surface area contributed by atoms with Gasteiger partial charge < -0.3 is 16.0 Å². The largest absolute Gasteiger partial charge is 0.328 e. The van der Waals surface area contributed by atoms with E-state index in [0.717, 1.165) is 12.8 Å². The number of carbonyl (C=O) groups is 2. The number of amides is 3. The third kappa shape index (κ3) is 4.68. The minimum absolute atomic E-state index is 0.0810. The first kappa shape index (κ1) is 19.9. The number of nitrogens with one attached hydrogen (secondary N) is 2. The smallest absolute Gasteiger partial charge is 0.318 e. The third-order valence-electron chi connectivity index (χ3n) is 5.23. The van der Waals surface area contributed by atoms with E-state index in [2.05, 4.69) is 41.7 Å². The topological polar surface area (TPSA) is 108 Å². The maximum absolute atomic E-state index is 12.3. The van der Waals surface area contributed by atoms with Crippen LogP contribution in [0, 0.1) is 0 Å². The van der Waals surface area contributed by atoms with Gasteiger partial charge in [0.15, 0.2) is 0 Å². The molecule has 0 spiro atoms. The molecule has 1 heterocycles. The number of carbonyl (C=O) groups excluding carboxylic acids is 2. The minimum atomic E-state index is -0.944. The van der Waals surface area contributed by atoms with Gasteiger partial charge in [-0.25, -0.2) is 10.3 Å². The van der Waals surface area contributed by atoms with Crippen LogP contribution in [0.15, 0.2) is 54.6 Å². The van der Waals surface area contributed by atoms with Crippen molar-refractivity contribution in [3.63, 3.8) is 0 Å². The van der Waals surface area contributed by atoms with Crippen LogP contribution < -0.4 is 16.5 Å². The number of likely N-dealkylation sites (tertiary alicyclic amines) is 1. The van der Waals surface area contributed by atoms with E-state index in [9.17, 15) is 9.59 Å². The monoisotopic (exact) mass is 382 g/mol. The average Bonchev–Trinajstić information content (AvgIpc) is 2.77. The molecule has 0 unspecified atom stereocenters. The molecule has 2 aromatic rings. The third-order valence-corrected chi connectivity index (χ3v) is 5.23. The molecule has 1 atom stereocenters. The Bertz CT molecular complexity index is 787. The summed E-state index contributed by atoms with van der Waals surface area (Å²) in [6, 6.07) is 17.6. The molecule has 3 amide bonds. The summed E-state index contributed by atoms with van der Waals surface area (Å²) in [5, 5.41) is 11.2. The molecule has 5 N–H and O–H groups in total. The van der Waals surface area contributed by atoms with Crippen LogP contribution in [0.1, 0.15) is 24.3 Å². The van der Waals surface area contributed by atoms with Crippen molar-refractivity contribution in [3.8, 4) is 11.1 Å². The van der Waals surface area contributed by atoms with E-state index in [-0.39, 0.29) is 12.6 Å². The zero-order valence-electron chi connectivity index (χ0n) is 15.7. The number of hydrogen-bond acceptors (Lipinski definition) is 4. The fraction of sp³-hybridized carbons (Fsp3) is 0.333. The van der Waals surface area contributed by atoms with Crippen LogP contribution in [0.2, 0.25) is 0 Å². The van der Waals surface area contributed by atoms with Gasteiger partial charge in [-0.15, -0.1) is 0 Å². The van der Waals surface area contributed by atoms with Crippen LogP contribution in [0.5, 0.6) is 0 Å². The molecule has 7 heteroatoms. The molecule has 0 aliphatic carbocycles. The Morgan fingerprint density at radius 1 is 1.04 bits per heavy atom. The number of piperidine rings is 1. The van der Waals surface area contributed by atoms with Crippen molar-refractivity contribution in [2.45, 2.75) is 24.8 Å². The van der Waals surface area contributed by atoms with E-state index >= 15 is 0 Å². The number of nitrogens with two attached hydrogens (primary N) is 1. The van der Waals surface area contributed by atoms with Crippen molar-refractivity contribution in [1.82, 2.24) is 15.7 Å². The number of urea groups is 1. The Kier molecular flexibility index (Phi) is 6.62. The van der Waals surface area contributed by atoms with Gasteiger partial charge in [-0.3, -0.25) is 10.0 Å². The number of benzene rings is 2. The van der Waals surface area contributed by atoms with E-state index < -0.39 is 11.9 Å². The molecular formula is C21H26N4O3. The predicted octanol–water partition coefficient (Wildman–Crippen LogP) is 2.08. The summed E-state index contributed by atoms with van der Waals surface area (Å²) in [5.41, 5.74) is 10.7. The first-order valence-electron chi connectivity index (χ1n) is 9.47. The fourth-order valence-electron chi connectivity index (χ4n) is 3.54. The zero-order valence-corrected chi connectivity index (χ0v) is 15.7. The molecule has 1 aliphatic heterocycles. The number of hydrogen-bond donors (Lipinski definition) is 4. The molecule has 148 valence electrons. The minimum Gasteiger partial charge on any atom is -0.328 e.